The van der Waals surface area contributed by atoms with Gasteiger partial charge in [-0.2, -0.15) is 0 Å². The van der Waals surface area contributed by atoms with Crippen molar-refractivity contribution < 1.29 is 4.74 Å². The van der Waals surface area contributed by atoms with E-state index in [4.69, 9.17) is 9.72 Å². The van der Waals surface area contributed by atoms with Crippen LogP contribution in [-0.4, -0.2) is 16.0 Å². The quantitative estimate of drug-likeness (QED) is 0.172. The molecule has 0 amide bonds. The van der Waals surface area contributed by atoms with E-state index in [0.717, 1.165) is 28.8 Å². The Morgan fingerprint density at radius 3 is 2.50 bits per heavy atom. The van der Waals surface area contributed by atoms with Gasteiger partial charge in [-0.1, -0.05) is 83.3 Å². The summed E-state index contributed by atoms with van der Waals surface area (Å²) in [6.45, 7) is 2.82. The van der Waals surface area contributed by atoms with Crippen molar-refractivity contribution in [2.75, 3.05) is 11.0 Å². The summed E-state index contributed by atoms with van der Waals surface area (Å²) in [7, 11) is 0. The molecule has 1 aliphatic rings. The summed E-state index contributed by atoms with van der Waals surface area (Å²) < 4.78 is 7.30. The van der Waals surface area contributed by atoms with Crippen molar-refractivity contribution in [3.8, 4) is 27.4 Å². The van der Waals surface area contributed by atoms with Crippen molar-refractivity contribution in [2.24, 2.45) is 0 Å². The SMILES string of the molecule is Cc1sc(-c2ccc(-c3ccccc3)cc2)nc1CCOc1ccc2c(c1)CC[C@H]2CI. The van der Waals surface area contributed by atoms with Crippen LogP contribution in [0.4, 0.5) is 0 Å². The lowest BCUT2D eigenvalue weighted by Gasteiger charge is -2.10. The molecule has 3 aromatic carbocycles. The van der Waals surface area contributed by atoms with Gasteiger partial charge in [0.25, 0.3) is 0 Å². The van der Waals surface area contributed by atoms with E-state index in [-0.39, 0.29) is 0 Å². The van der Waals surface area contributed by atoms with Crippen LogP contribution in [0.5, 0.6) is 5.75 Å². The molecule has 0 unspecified atom stereocenters. The fourth-order valence-electron chi connectivity index (χ4n) is 4.42. The number of alkyl halides is 1. The van der Waals surface area contributed by atoms with E-state index in [0.29, 0.717) is 6.61 Å². The average Bonchev–Trinajstić information content (AvgIpc) is 3.42. The highest BCUT2D eigenvalue weighted by molar-refractivity contribution is 14.1. The second-order valence-electron chi connectivity index (χ2n) is 8.31. The first-order chi connectivity index (χ1) is 15.7. The van der Waals surface area contributed by atoms with E-state index in [1.165, 1.54) is 50.0 Å². The van der Waals surface area contributed by atoms with E-state index in [9.17, 15) is 0 Å². The summed E-state index contributed by atoms with van der Waals surface area (Å²) in [6.07, 6.45) is 3.28. The van der Waals surface area contributed by atoms with Gasteiger partial charge in [0, 0.05) is 21.3 Å². The predicted molar refractivity (Wildman–Crippen MR) is 143 cm³/mol. The van der Waals surface area contributed by atoms with Gasteiger partial charge < -0.3 is 4.74 Å². The number of benzene rings is 3. The van der Waals surface area contributed by atoms with Gasteiger partial charge >= 0.3 is 0 Å². The highest BCUT2D eigenvalue weighted by Gasteiger charge is 2.21. The molecule has 0 bridgehead atoms. The Morgan fingerprint density at radius 1 is 0.969 bits per heavy atom. The topological polar surface area (TPSA) is 22.1 Å². The number of aryl methyl sites for hydroxylation is 2. The third-order valence-corrected chi connectivity index (χ3v) is 8.37. The fourth-order valence-corrected chi connectivity index (χ4v) is 6.30. The molecule has 0 saturated heterocycles. The van der Waals surface area contributed by atoms with Gasteiger partial charge in [0.05, 0.1) is 12.3 Å². The van der Waals surface area contributed by atoms with Crippen LogP contribution >= 0.6 is 33.9 Å². The molecule has 0 aliphatic heterocycles. The highest BCUT2D eigenvalue weighted by atomic mass is 127. The standard InChI is InChI=1S/C28H26INOS/c1-19-27(15-16-31-25-13-14-26-23(17-25)11-12-24(26)18-29)30-28(32-19)22-9-7-21(8-10-22)20-5-3-2-4-6-20/h2-10,13-14,17,24H,11-12,15-16,18H2,1H3/t24-/m0/s1. The minimum absolute atomic E-state index is 0.658. The van der Waals surface area contributed by atoms with Crippen LogP contribution in [0.25, 0.3) is 21.7 Å². The molecule has 1 aliphatic carbocycles. The second-order valence-corrected chi connectivity index (χ2v) is 10.4. The van der Waals surface area contributed by atoms with Gasteiger partial charge in [0.1, 0.15) is 10.8 Å². The van der Waals surface area contributed by atoms with Gasteiger partial charge in [-0.3, -0.25) is 0 Å². The molecule has 4 heteroatoms. The molecular weight excluding hydrogens is 525 g/mol. The van der Waals surface area contributed by atoms with Crippen molar-refractivity contribution in [3.63, 3.8) is 0 Å². The maximum absolute atomic E-state index is 6.10. The number of halogens is 1. The Hall–Kier alpha value is -2.18. The Labute approximate surface area is 207 Å². The second kappa shape index (κ2) is 9.75. The molecule has 0 N–H and O–H groups in total. The molecule has 1 heterocycles. The maximum atomic E-state index is 6.10. The summed E-state index contributed by atoms with van der Waals surface area (Å²) in [5.41, 5.74) is 7.77. The zero-order valence-corrected chi connectivity index (χ0v) is 21.2. The molecular formula is C28H26INOS. The van der Waals surface area contributed by atoms with Crippen molar-refractivity contribution in [3.05, 3.63) is 94.5 Å². The van der Waals surface area contributed by atoms with Gasteiger partial charge in [-0.25, -0.2) is 4.98 Å². The number of rotatable bonds is 7. The number of thiazole rings is 1. The van der Waals surface area contributed by atoms with Crippen LogP contribution in [0.3, 0.4) is 0 Å². The molecule has 162 valence electrons. The van der Waals surface area contributed by atoms with E-state index in [1.54, 1.807) is 11.3 Å². The minimum Gasteiger partial charge on any atom is -0.493 e. The third kappa shape index (κ3) is 4.62. The Balaban J connectivity index is 1.23. The summed E-state index contributed by atoms with van der Waals surface area (Å²) in [5.74, 6) is 1.71. The van der Waals surface area contributed by atoms with Crippen LogP contribution in [0.15, 0.2) is 72.8 Å². The van der Waals surface area contributed by atoms with Crippen molar-refractivity contribution in [1.29, 1.82) is 0 Å². The number of aromatic nitrogens is 1. The van der Waals surface area contributed by atoms with Gasteiger partial charge in [0.2, 0.25) is 0 Å². The van der Waals surface area contributed by atoms with E-state index >= 15 is 0 Å². The largest absolute Gasteiger partial charge is 0.493 e. The lowest BCUT2D eigenvalue weighted by molar-refractivity contribution is 0.320. The number of hydrogen-bond donors (Lipinski definition) is 0. The Bertz CT molecular complexity index is 1200. The van der Waals surface area contributed by atoms with Gasteiger partial charge in [-0.05, 0) is 60.1 Å². The molecule has 4 aromatic rings. The average molecular weight is 551 g/mol. The minimum atomic E-state index is 0.658. The van der Waals surface area contributed by atoms with Gasteiger partial charge in [0.15, 0.2) is 0 Å². The molecule has 0 fully saturated rings. The molecule has 1 atom stereocenters. The summed E-state index contributed by atoms with van der Waals surface area (Å²) >= 11 is 4.27. The summed E-state index contributed by atoms with van der Waals surface area (Å²) in [5, 5.41) is 1.08. The number of fused-ring (bicyclic) bond motifs is 1. The van der Waals surface area contributed by atoms with E-state index < -0.39 is 0 Å². The van der Waals surface area contributed by atoms with Crippen LogP contribution < -0.4 is 4.74 Å². The zero-order valence-electron chi connectivity index (χ0n) is 18.2. The highest BCUT2D eigenvalue weighted by Crippen LogP contribution is 2.36. The zero-order chi connectivity index (χ0) is 21.9. The molecule has 0 saturated carbocycles. The normalized spacial score (nSPS) is 15.0. The molecule has 32 heavy (non-hydrogen) atoms. The summed E-state index contributed by atoms with van der Waals surface area (Å²) in [6, 6.07) is 25.8. The number of hydrogen-bond acceptors (Lipinski definition) is 3. The van der Waals surface area contributed by atoms with Crippen molar-refractivity contribution >= 4 is 33.9 Å². The van der Waals surface area contributed by atoms with Gasteiger partial charge in [-0.15, -0.1) is 11.3 Å². The molecule has 5 rings (SSSR count). The van der Waals surface area contributed by atoms with Crippen LogP contribution in [0.2, 0.25) is 0 Å². The fraction of sp³-hybridized carbons (Fsp3) is 0.250. The van der Waals surface area contributed by atoms with Crippen LogP contribution in [-0.2, 0) is 12.8 Å². The van der Waals surface area contributed by atoms with Crippen LogP contribution in [0.1, 0.15) is 34.0 Å². The number of ether oxygens (including phenoxy) is 1. The first kappa shape index (κ1) is 21.7. The first-order valence-electron chi connectivity index (χ1n) is 11.1. The van der Waals surface area contributed by atoms with Crippen LogP contribution in [0, 0.1) is 6.92 Å². The molecule has 0 spiro atoms. The molecule has 0 radical (unpaired) electrons. The monoisotopic (exact) mass is 551 g/mol. The molecule has 1 aromatic heterocycles. The van der Waals surface area contributed by atoms with Crippen molar-refractivity contribution in [2.45, 2.75) is 32.1 Å². The number of nitrogens with zero attached hydrogens (tertiary/aromatic N) is 1. The lowest BCUT2D eigenvalue weighted by atomic mass is 10.0. The molecule has 2 nitrogen and oxygen atoms in total. The Kier molecular flexibility index (Phi) is 6.60. The smallest absolute Gasteiger partial charge is 0.123 e. The van der Waals surface area contributed by atoms with E-state index in [2.05, 4.69) is 96.2 Å². The predicted octanol–water partition coefficient (Wildman–Crippen LogP) is 7.87. The Morgan fingerprint density at radius 2 is 1.72 bits per heavy atom. The first-order valence-corrected chi connectivity index (χ1v) is 13.5. The maximum Gasteiger partial charge on any atom is 0.123 e. The lowest BCUT2D eigenvalue weighted by Crippen LogP contribution is -2.03. The van der Waals surface area contributed by atoms with Crippen molar-refractivity contribution in [1.82, 2.24) is 4.98 Å². The summed E-state index contributed by atoms with van der Waals surface area (Å²) in [4.78, 5) is 6.20. The third-order valence-electron chi connectivity index (χ3n) is 6.24. The van der Waals surface area contributed by atoms with E-state index in [1.807, 2.05) is 6.07 Å².